The van der Waals surface area contributed by atoms with Gasteiger partial charge in [-0.15, -0.1) is 0 Å². The Kier molecular flexibility index (Phi) is 5.25. The lowest BCUT2D eigenvalue weighted by molar-refractivity contribution is -0.138. The maximum absolute atomic E-state index is 13.2. The molecule has 2 amide bonds. The molecule has 1 aliphatic heterocycles. The summed E-state index contributed by atoms with van der Waals surface area (Å²) in [6.45, 7) is 1.46. The molecule has 2 N–H and O–H groups in total. The number of carbonyl (C=O) groups excluding carboxylic acids is 1. The summed E-state index contributed by atoms with van der Waals surface area (Å²) in [6, 6.07) is 2.06. The SMILES string of the molecule is CN(C(=O)Nc1cc(C(F)(F)F)cn(C)c1=O)C1[C@@H]2CC[C@H]1CN(c1cnc3[nH]ncc3c1)C2. The molecule has 180 valence electrons. The summed E-state index contributed by atoms with van der Waals surface area (Å²) in [7, 11) is 2.86. The van der Waals surface area contributed by atoms with Crippen LogP contribution in [0.25, 0.3) is 11.0 Å². The number of aromatic amines is 1. The highest BCUT2D eigenvalue weighted by atomic mass is 19.4. The van der Waals surface area contributed by atoms with Crippen LogP contribution in [0.3, 0.4) is 0 Å². The van der Waals surface area contributed by atoms with Gasteiger partial charge in [0, 0.05) is 44.8 Å². The van der Waals surface area contributed by atoms with Crippen LogP contribution in [0.15, 0.2) is 35.5 Å². The largest absolute Gasteiger partial charge is 0.417 e. The molecule has 9 nitrogen and oxygen atoms in total. The Morgan fingerprint density at radius 3 is 2.59 bits per heavy atom. The van der Waals surface area contributed by atoms with E-state index in [1.165, 1.54) is 11.9 Å². The number of carbonyl (C=O) groups is 1. The molecule has 12 heteroatoms. The fourth-order valence-corrected chi connectivity index (χ4v) is 5.33. The number of alkyl halides is 3. The minimum Gasteiger partial charge on any atom is -0.370 e. The second-order valence-electron chi connectivity index (χ2n) is 9.09. The molecule has 3 aromatic heterocycles. The van der Waals surface area contributed by atoms with Gasteiger partial charge in [0.25, 0.3) is 5.56 Å². The third kappa shape index (κ3) is 3.86. The molecule has 2 bridgehead atoms. The van der Waals surface area contributed by atoms with Crippen molar-refractivity contribution in [1.82, 2.24) is 24.6 Å². The molecular formula is C22H24F3N7O2. The summed E-state index contributed by atoms with van der Waals surface area (Å²) < 4.78 is 40.3. The van der Waals surface area contributed by atoms with Gasteiger partial charge in [0.2, 0.25) is 0 Å². The summed E-state index contributed by atoms with van der Waals surface area (Å²) in [5, 5.41) is 10.2. The molecule has 1 saturated heterocycles. The van der Waals surface area contributed by atoms with Gasteiger partial charge in [0.1, 0.15) is 5.69 Å². The van der Waals surface area contributed by atoms with Crippen molar-refractivity contribution < 1.29 is 18.0 Å². The van der Waals surface area contributed by atoms with Crippen LogP contribution in [0.2, 0.25) is 0 Å². The normalized spacial score (nSPS) is 22.3. The molecule has 5 rings (SSSR count). The number of nitrogens with one attached hydrogen (secondary N) is 2. The highest BCUT2D eigenvalue weighted by Crippen LogP contribution is 2.41. The number of urea groups is 1. The summed E-state index contributed by atoms with van der Waals surface area (Å²) in [6.07, 6.45) is 1.50. The van der Waals surface area contributed by atoms with Crippen molar-refractivity contribution in [2.24, 2.45) is 18.9 Å². The van der Waals surface area contributed by atoms with Crippen LogP contribution in [0.5, 0.6) is 0 Å². The second-order valence-corrected chi connectivity index (χ2v) is 9.09. The molecule has 3 atom stereocenters. The Hall–Kier alpha value is -3.57. The number of anilines is 2. The topological polar surface area (TPSA) is 99.1 Å². The highest BCUT2D eigenvalue weighted by Gasteiger charge is 2.45. The van der Waals surface area contributed by atoms with E-state index in [9.17, 15) is 22.8 Å². The van der Waals surface area contributed by atoms with E-state index in [4.69, 9.17) is 0 Å². The summed E-state index contributed by atoms with van der Waals surface area (Å²) in [4.78, 5) is 33.5. The van der Waals surface area contributed by atoms with Gasteiger partial charge >= 0.3 is 12.2 Å². The zero-order valence-electron chi connectivity index (χ0n) is 18.6. The van der Waals surface area contributed by atoms with E-state index in [2.05, 4.69) is 25.4 Å². The van der Waals surface area contributed by atoms with Gasteiger partial charge in [-0.25, -0.2) is 9.78 Å². The van der Waals surface area contributed by atoms with Gasteiger partial charge in [0.15, 0.2) is 5.65 Å². The monoisotopic (exact) mass is 475 g/mol. The number of nitrogens with zero attached hydrogens (tertiary/aromatic N) is 5. The van der Waals surface area contributed by atoms with E-state index >= 15 is 0 Å². The molecule has 3 aromatic rings. The van der Waals surface area contributed by atoms with E-state index < -0.39 is 29.0 Å². The van der Waals surface area contributed by atoms with Crippen LogP contribution in [0.4, 0.5) is 29.3 Å². The second kappa shape index (κ2) is 8.03. The molecular weight excluding hydrogens is 451 g/mol. The first kappa shape index (κ1) is 22.2. The Labute approximate surface area is 192 Å². The first-order chi connectivity index (χ1) is 16.1. The number of H-pyrrole nitrogens is 1. The smallest absolute Gasteiger partial charge is 0.370 e. The number of rotatable bonds is 3. The minimum absolute atomic E-state index is 0.0727. The zero-order valence-corrected chi connectivity index (χ0v) is 18.6. The predicted octanol–water partition coefficient (Wildman–Crippen LogP) is 3.05. The van der Waals surface area contributed by atoms with Crippen molar-refractivity contribution >= 4 is 28.4 Å². The lowest BCUT2D eigenvalue weighted by Crippen LogP contribution is -2.54. The molecule has 1 aliphatic carbocycles. The molecule has 0 spiro atoms. The fraction of sp³-hybridized carbons (Fsp3) is 0.455. The number of hydrogen-bond donors (Lipinski definition) is 2. The number of piperidine rings is 1. The third-order valence-corrected chi connectivity index (χ3v) is 6.95. The van der Waals surface area contributed by atoms with Crippen LogP contribution < -0.4 is 15.8 Å². The highest BCUT2D eigenvalue weighted by molar-refractivity contribution is 5.89. The quantitative estimate of drug-likeness (QED) is 0.607. The van der Waals surface area contributed by atoms with Crippen molar-refractivity contribution in [3.05, 3.63) is 46.6 Å². The molecule has 2 fully saturated rings. The van der Waals surface area contributed by atoms with E-state index in [-0.39, 0.29) is 17.9 Å². The molecule has 1 saturated carbocycles. The van der Waals surface area contributed by atoms with E-state index in [1.807, 2.05) is 6.07 Å². The van der Waals surface area contributed by atoms with Gasteiger partial charge < -0.3 is 19.7 Å². The van der Waals surface area contributed by atoms with Gasteiger partial charge in [-0.3, -0.25) is 9.89 Å². The Balaban J connectivity index is 1.32. The molecule has 34 heavy (non-hydrogen) atoms. The molecule has 1 unspecified atom stereocenters. The van der Waals surface area contributed by atoms with Gasteiger partial charge in [-0.05, 0) is 36.8 Å². The van der Waals surface area contributed by atoms with Crippen molar-refractivity contribution in [1.29, 1.82) is 0 Å². The number of hydrogen-bond acceptors (Lipinski definition) is 5. The number of amides is 2. The van der Waals surface area contributed by atoms with E-state index in [0.717, 1.165) is 47.2 Å². The maximum Gasteiger partial charge on any atom is 0.417 e. The van der Waals surface area contributed by atoms with Gasteiger partial charge in [-0.2, -0.15) is 18.3 Å². The maximum atomic E-state index is 13.2. The zero-order chi connectivity index (χ0) is 24.2. The van der Waals surface area contributed by atoms with Gasteiger partial charge in [0.05, 0.1) is 23.6 Å². The molecule has 0 radical (unpaired) electrons. The standard InChI is InChI=1S/C22H24F3N7O2/c1-30-11-15(22(23,24)25)6-17(20(30)33)28-21(34)31(2)18-12-3-4-13(18)10-32(9-12)16-5-14-7-27-29-19(14)26-8-16/h5-8,11-13,18H,3-4,9-10H2,1-2H3,(H,28,34)(H,26,27,29)/t12-,13+,18?. The van der Waals surface area contributed by atoms with Crippen LogP contribution in [0.1, 0.15) is 18.4 Å². The summed E-state index contributed by atoms with van der Waals surface area (Å²) in [5.41, 5.74) is -0.375. The molecule has 4 heterocycles. The average Bonchev–Trinajstić information content (AvgIpc) is 3.36. The van der Waals surface area contributed by atoms with Crippen molar-refractivity contribution in [3.8, 4) is 0 Å². The predicted molar refractivity (Wildman–Crippen MR) is 120 cm³/mol. The number of fused-ring (bicyclic) bond motifs is 3. The molecule has 0 aromatic carbocycles. The summed E-state index contributed by atoms with van der Waals surface area (Å²) in [5.74, 6) is 0.387. The number of pyridine rings is 2. The lowest BCUT2D eigenvalue weighted by Gasteiger charge is -2.43. The van der Waals surface area contributed by atoms with Crippen LogP contribution >= 0.6 is 0 Å². The van der Waals surface area contributed by atoms with E-state index in [1.54, 1.807) is 19.4 Å². The third-order valence-electron chi connectivity index (χ3n) is 6.95. The Bertz CT molecular complexity index is 1290. The van der Waals surface area contributed by atoms with E-state index in [0.29, 0.717) is 12.3 Å². The van der Waals surface area contributed by atoms with Crippen LogP contribution in [-0.4, -0.2) is 56.9 Å². The fourth-order valence-electron chi connectivity index (χ4n) is 5.33. The average molecular weight is 475 g/mol. The summed E-state index contributed by atoms with van der Waals surface area (Å²) >= 11 is 0. The number of halogens is 3. The van der Waals surface area contributed by atoms with Crippen LogP contribution in [0, 0.1) is 11.8 Å². The number of aromatic nitrogens is 4. The number of aryl methyl sites for hydroxylation is 1. The van der Waals surface area contributed by atoms with Crippen molar-refractivity contribution in [3.63, 3.8) is 0 Å². The minimum atomic E-state index is -4.63. The first-order valence-electron chi connectivity index (χ1n) is 11.0. The first-order valence-corrected chi connectivity index (χ1v) is 11.0. The van der Waals surface area contributed by atoms with Crippen molar-refractivity contribution in [2.45, 2.75) is 25.1 Å². The van der Waals surface area contributed by atoms with Crippen molar-refractivity contribution in [2.75, 3.05) is 30.4 Å². The Morgan fingerprint density at radius 2 is 1.91 bits per heavy atom. The van der Waals surface area contributed by atoms with Crippen LogP contribution in [-0.2, 0) is 13.2 Å². The van der Waals surface area contributed by atoms with Gasteiger partial charge in [-0.1, -0.05) is 0 Å². The Morgan fingerprint density at radius 1 is 1.21 bits per heavy atom. The lowest BCUT2D eigenvalue weighted by atomic mass is 9.90. The molecule has 2 aliphatic rings.